The van der Waals surface area contributed by atoms with Crippen LogP contribution in [0.3, 0.4) is 0 Å². The summed E-state index contributed by atoms with van der Waals surface area (Å²) in [5.74, 6) is 0.611. The quantitative estimate of drug-likeness (QED) is 0.340. The summed E-state index contributed by atoms with van der Waals surface area (Å²) in [4.78, 5) is 16.0. The van der Waals surface area contributed by atoms with E-state index < -0.39 is 5.97 Å². The van der Waals surface area contributed by atoms with E-state index in [0.29, 0.717) is 18.1 Å². The van der Waals surface area contributed by atoms with Crippen LogP contribution in [0, 0.1) is 0 Å². The van der Waals surface area contributed by atoms with Crippen molar-refractivity contribution in [2.24, 2.45) is 0 Å². The zero-order valence-corrected chi connectivity index (χ0v) is 18.7. The number of hydrogen-bond donors (Lipinski definition) is 1. The van der Waals surface area contributed by atoms with Crippen molar-refractivity contribution >= 4 is 17.0 Å². The number of carbonyl (C=O) groups is 1. The number of aromatic carboxylic acids is 1. The minimum atomic E-state index is -0.989. The Kier molecular flexibility index (Phi) is 6.78. The van der Waals surface area contributed by atoms with Crippen molar-refractivity contribution in [1.29, 1.82) is 0 Å². The topological polar surface area (TPSA) is 82.8 Å². The molecule has 0 aliphatic heterocycles. The van der Waals surface area contributed by atoms with Crippen molar-refractivity contribution < 1.29 is 24.1 Å². The summed E-state index contributed by atoms with van der Waals surface area (Å²) in [6.45, 7) is 0.501. The Morgan fingerprint density at radius 3 is 2.21 bits per heavy atom. The molecule has 7 nitrogen and oxygen atoms in total. The molecule has 0 spiro atoms. The number of aromatic nitrogens is 2. The van der Waals surface area contributed by atoms with E-state index in [-0.39, 0.29) is 5.56 Å². The normalized spacial score (nSPS) is 10.8. The predicted octanol–water partition coefficient (Wildman–Crippen LogP) is 5.14. The SMILES string of the molecule is COc1ccc(CCCCOc2nc3cc(C(=O)O)ccc3n2-c2ccc(OC)cc2)cc1. The first-order valence-corrected chi connectivity index (χ1v) is 10.7. The molecule has 0 bridgehead atoms. The van der Waals surface area contributed by atoms with Crippen LogP contribution < -0.4 is 14.2 Å². The van der Waals surface area contributed by atoms with E-state index in [1.807, 2.05) is 41.0 Å². The third kappa shape index (κ3) is 5.09. The van der Waals surface area contributed by atoms with E-state index in [0.717, 1.165) is 42.0 Å². The first-order chi connectivity index (χ1) is 16.1. The lowest BCUT2D eigenvalue weighted by Gasteiger charge is -2.11. The van der Waals surface area contributed by atoms with Gasteiger partial charge in [-0.05, 0) is 79.4 Å². The molecule has 4 aromatic rings. The van der Waals surface area contributed by atoms with Crippen LogP contribution in [0.25, 0.3) is 16.7 Å². The molecule has 0 aliphatic carbocycles. The van der Waals surface area contributed by atoms with Gasteiger partial charge < -0.3 is 19.3 Å². The molecule has 0 saturated carbocycles. The predicted molar refractivity (Wildman–Crippen MR) is 126 cm³/mol. The molecule has 7 heteroatoms. The van der Waals surface area contributed by atoms with Crippen molar-refractivity contribution in [3.8, 4) is 23.2 Å². The summed E-state index contributed by atoms with van der Waals surface area (Å²) in [6.07, 6.45) is 2.78. The van der Waals surface area contributed by atoms with Crippen LogP contribution in [-0.4, -0.2) is 41.5 Å². The number of ether oxygens (including phenoxy) is 3. The molecule has 4 rings (SSSR count). The zero-order valence-electron chi connectivity index (χ0n) is 18.7. The molecule has 1 aromatic heterocycles. The molecular weight excluding hydrogens is 420 g/mol. The van der Waals surface area contributed by atoms with Gasteiger partial charge in [-0.2, -0.15) is 4.98 Å². The number of hydrogen-bond acceptors (Lipinski definition) is 5. The Bertz CT molecular complexity index is 1230. The second-order valence-corrected chi connectivity index (χ2v) is 7.59. The van der Waals surface area contributed by atoms with E-state index in [1.165, 1.54) is 5.56 Å². The molecule has 0 aliphatic rings. The lowest BCUT2D eigenvalue weighted by Crippen LogP contribution is -2.05. The maximum atomic E-state index is 11.4. The van der Waals surface area contributed by atoms with Gasteiger partial charge in [-0.1, -0.05) is 12.1 Å². The summed E-state index contributed by atoms with van der Waals surface area (Å²) in [5, 5.41) is 9.33. The number of fused-ring (bicyclic) bond motifs is 1. The van der Waals surface area contributed by atoms with Gasteiger partial charge in [-0.15, -0.1) is 0 Å². The van der Waals surface area contributed by atoms with Gasteiger partial charge in [-0.3, -0.25) is 4.57 Å². The molecule has 0 unspecified atom stereocenters. The monoisotopic (exact) mass is 446 g/mol. The molecule has 0 amide bonds. The molecule has 33 heavy (non-hydrogen) atoms. The van der Waals surface area contributed by atoms with E-state index in [1.54, 1.807) is 32.4 Å². The second kappa shape index (κ2) is 10.1. The van der Waals surface area contributed by atoms with Crippen LogP contribution in [0.5, 0.6) is 17.5 Å². The number of rotatable bonds is 10. The fourth-order valence-corrected chi connectivity index (χ4v) is 3.66. The minimum absolute atomic E-state index is 0.188. The summed E-state index contributed by atoms with van der Waals surface area (Å²) in [5.41, 5.74) is 3.64. The van der Waals surface area contributed by atoms with Gasteiger partial charge in [0.05, 0.1) is 43.1 Å². The molecular formula is C26H26N2O5. The first-order valence-electron chi connectivity index (χ1n) is 10.7. The summed E-state index contributed by atoms with van der Waals surface area (Å²) in [7, 11) is 3.28. The van der Waals surface area contributed by atoms with Gasteiger partial charge in [-0.25, -0.2) is 4.79 Å². The highest BCUT2D eigenvalue weighted by Gasteiger charge is 2.16. The Balaban J connectivity index is 1.50. The molecule has 0 saturated heterocycles. The number of methoxy groups -OCH3 is 2. The fraction of sp³-hybridized carbons (Fsp3) is 0.231. The molecule has 170 valence electrons. The largest absolute Gasteiger partial charge is 0.497 e. The van der Waals surface area contributed by atoms with Crippen molar-refractivity contribution in [2.75, 3.05) is 20.8 Å². The first kappa shape index (κ1) is 22.2. The van der Waals surface area contributed by atoms with E-state index in [2.05, 4.69) is 17.1 Å². The van der Waals surface area contributed by atoms with Crippen LogP contribution in [0.15, 0.2) is 66.7 Å². The Morgan fingerprint density at radius 1 is 0.909 bits per heavy atom. The number of carboxylic acids is 1. The van der Waals surface area contributed by atoms with Gasteiger partial charge in [0.25, 0.3) is 0 Å². The number of carboxylic acid groups (broad SMARTS) is 1. The van der Waals surface area contributed by atoms with Crippen molar-refractivity contribution in [3.63, 3.8) is 0 Å². The van der Waals surface area contributed by atoms with Crippen LogP contribution >= 0.6 is 0 Å². The molecule has 0 fully saturated rings. The highest BCUT2D eigenvalue weighted by atomic mass is 16.5. The standard InChI is InChI=1S/C26H26N2O5/c1-31-21-11-6-18(7-12-21)5-3-4-16-33-26-27-23-17-19(25(29)30)8-15-24(23)28(26)20-9-13-22(32-2)14-10-20/h6-15,17H,3-5,16H2,1-2H3,(H,29,30). The highest BCUT2D eigenvalue weighted by molar-refractivity contribution is 5.93. The molecule has 0 radical (unpaired) electrons. The Hall–Kier alpha value is -4.00. The van der Waals surface area contributed by atoms with Crippen molar-refractivity contribution in [1.82, 2.24) is 9.55 Å². The molecule has 3 aromatic carbocycles. The Labute approximate surface area is 192 Å². The molecule has 1 N–H and O–H groups in total. The molecule has 0 atom stereocenters. The summed E-state index contributed by atoms with van der Waals surface area (Å²) >= 11 is 0. The van der Waals surface area contributed by atoms with Crippen molar-refractivity contribution in [2.45, 2.75) is 19.3 Å². The van der Waals surface area contributed by atoms with Gasteiger partial charge in [0.2, 0.25) is 0 Å². The van der Waals surface area contributed by atoms with Crippen molar-refractivity contribution in [3.05, 3.63) is 77.9 Å². The zero-order chi connectivity index (χ0) is 23.2. The van der Waals surface area contributed by atoms with Gasteiger partial charge in [0.15, 0.2) is 0 Å². The lowest BCUT2D eigenvalue weighted by atomic mass is 10.1. The van der Waals surface area contributed by atoms with Crippen LogP contribution in [0.4, 0.5) is 0 Å². The van der Waals surface area contributed by atoms with Crippen LogP contribution in [0.1, 0.15) is 28.8 Å². The number of unbranched alkanes of at least 4 members (excludes halogenated alkanes) is 1. The number of imidazole rings is 1. The second-order valence-electron chi connectivity index (χ2n) is 7.59. The number of benzene rings is 3. The average molecular weight is 447 g/mol. The highest BCUT2D eigenvalue weighted by Crippen LogP contribution is 2.28. The Morgan fingerprint density at radius 2 is 1.58 bits per heavy atom. The smallest absolute Gasteiger partial charge is 0.335 e. The van der Waals surface area contributed by atoms with Gasteiger partial charge >= 0.3 is 12.0 Å². The number of aryl methyl sites for hydroxylation is 1. The van der Waals surface area contributed by atoms with Crippen LogP contribution in [0.2, 0.25) is 0 Å². The van der Waals surface area contributed by atoms with Gasteiger partial charge in [0.1, 0.15) is 11.5 Å². The average Bonchev–Trinajstić information content (AvgIpc) is 3.21. The maximum absolute atomic E-state index is 11.4. The summed E-state index contributed by atoms with van der Waals surface area (Å²) < 4.78 is 18.4. The summed E-state index contributed by atoms with van der Waals surface area (Å²) in [6, 6.07) is 21.0. The van der Waals surface area contributed by atoms with Crippen LogP contribution in [-0.2, 0) is 6.42 Å². The lowest BCUT2D eigenvalue weighted by molar-refractivity contribution is 0.0697. The van der Waals surface area contributed by atoms with E-state index in [4.69, 9.17) is 14.2 Å². The fourth-order valence-electron chi connectivity index (χ4n) is 3.66. The third-order valence-electron chi connectivity index (χ3n) is 5.45. The minimum Gasteiger partial charge on any atom is -0.497 e. The molecule has 1 heterocycles. The third-order valence-corrected chi connectivity index (χ3v) is 5.45. The van der Waals surface area contributed by atoms with E-state index in [9.17, 15) is 9.90 Å². The number of nitrogens with zero attached hydrogens (tertiary/aromatic N) is 2. The maximum Gasteiger partial charge on any atom is 0.335 e. The van der Waals surface area contributed by atoms with E-state index >= 15 is 0 Å². The van der Waals surface area contributed by atoms with Gasteiger partial charge in [0, 0.05) is 0 Å².